The Balaban J connectivity index is 1.71. The number of amides is 1. The molecule has 0 aliphatic carbocycles. The molecular formula is C13H15N3O2. The van der Waals surface area contributed by atoms with Crippen LogP contribution >= 0.6 is 0 Å². The Morgan fingerprint density at radius 3 is 2.83 bits per heavy atom. The van der Waals surface area contributed by atoms with E-state index < -0.39 is 0 Å². The molecule has 0 saturated carbocycles. The lowest BCUT2D eigenvalue weighted by molar-refractivity contribution is 0.0942. The van der Waals surface area contributed by atoms with E-state index in [1.165, 1.54) is 0 Å². The van der Waals surface area contributed by atoms with Crippen LogP contribution in [0, 0.1) is 6.92 Å². The molecule has 0 aliphatic rings. The molecule has 2 N–H and O–H groups in total. The summed E-state index contributed by atoms with van der Waals surface area (Å²) in [5.41, 5.74) is 1.26. The molecule has 18 heavy (non-hydrogen) atoms. The quantitative estimate of drug-likeness (QED) is 0.785. The SMILES string of the molecule is Cc1cc(C(=O)NCCOc2ccccc2)n[nH]1. The minimum Gasteiger partial charge on any atom is -0.492 e. The molecule has 2 aromatic rings. The highest BCUT2D eigenvalue weighted by molar-refractivity contribution is 5.92. The molecule has 0 unspecified atom stereocenters. The van der Waals surface area contributed by atoms with Gasteiger partial charge in [0.15, 0.2) is 0 Å². The van der Waals surface area contributed by atoms with Gasteiger partial charge in [0, 0.05) is 5.69 Å². The van der Waals surface area contributed by atoms with E-state index in [9.17, 15) is 4.79 Å². The number of hydrogen-bond acceptors (Lipinski definition) is 3. The molecule has 5 heteroatoms. The van der Waals surface area contributed by atoms with Gasteiger partial charge in [-0.3, -0.25) is 9.89 Å². The number of aromatic amines is 1. The second kappa shape index (κ2) is 5.86. The van der Waals surface area contributed by atoms with Crippen molar-refractivity contribution in [3.8, 4) is 5.75 Å². The minimum absolute atomic E-state index is 0.198. The zero-order chi connectivity index (χ0) is 12.8. The third kappa shape index (κ3) is 3.35. The van der Waals surface area contributed by atoms with Crippen LogP contribution in [0.1, 0.15) is 16.2 Å². The van der Waals surface area contributed by atoms with Crippen LogP contribution in [0.15, 0.2) is 36.4 Å². The largest absolute Gasteiger partial charge is 0.492 e. The Bertz CT molecular complexity index is 508. The lowest BCUT2D eigenvalue weighted by atomic mass is 10.3. The molecule has 94 valence electrons. The highest BCUT2D eigenvalue weighted by Gasteiger charge is 2.07. The van der Waals surface area contributed by atoms with Gasteiger partial charge in [-0.2, -0.15) is 5.10 Å². The summed E-state index contributed by atoms with van der Waals surface area (Å²) in [6, 6.07) is 11.2. The van der Waals surface area contributed by atoms with Crippen molar-refractivity contribution in [1.82, 2.24) is 15.5 Å². The predicted molar refractivity (Wildman–Crippen MR) is 67.6 cm³/mol. The lowest BCUT2D eigenvalue weighted by Crippen LogP contribution is -2.28. The monoisotopic (exact) mass is 245 g/mol. The van der Waals surface area contributed by atoms with E-state index in [1.54, 1.807) is 6.07 Å². The summed E-state index contributed by atoms with van der Waals surface area (Å²) in [4.78, 5) is 11.6. The van der Waals surface area contributed by atoms with Gasteiger partial charge in [0.05, 0.1) is 6.54 Å². The minimum atomic E-state index is -0.198. The summed E-state index contributed by atoms with van der Waals surface area (Å²) < 4.78 is 5.45. The summed E-state index contributed by atoms with van der Waals surface area (Å²) in [7, 11) is 0. The van der Waals surface area contributed by atoms with Gasteiger partial charge in [-0.1, -0.05) is 18.2 Å². The normalized spacial score (nSPS) is 10.1. The van der Waals surface area contributed by atoms with E-state index in [0.29, 0.717) is 18.8 Å². The molecule has 0 saturated heterocycles. The molecule has 5 nitrogen and oxygen atoms in total. The van der Waals surface area contributed by atoms with Crippen molar-refractivity contribution < 1.29 is 9.53 Å². The van der Waals surface area contributed by atoms with Gasteiger partial charge < -0.3 is 10.1 Å². The maximum absolute atomic E-state index is 11.6. The molecule has 1 aromatic carbocycles. The number of ether oxygens (including phenoxy) is 1. The highest BCUT2D eigenvalue weighted by atomic mass is 16.5. The Labute approximate surface area is 105 Å². The highest BCUT2D eigenvalue weighted by Crippen LogP contribution is 2.07. The van der Waals surface area contributed by atoms with Crippen LogP contribution in [0.25, 0.3) is 0 Å². The van der Waals surface area contributed by atoms with Crippen molar-refractivity contribution in [2.45, 2.75) is 6.92 Å². The summed E-state index contributed by atoms with van der Waals surface area (Å²) in [5.74, 6) is 0.596. The third-order valence-corrected chi connectivity index (χ3v) is 2.34. The van der Waals surface area contributed by atoms with Crippen LogP contribution in [0.2, 0.25) is 0 Å². The zero-order valence-corrected chi connectivity index (χ0v) is 10.1. The van der Waals surface area contributed by atoms with Crippen LogP contribution in [-0.4, -0.2) is 29.3 Å². The maximum atomic E-state index is 11.6. The summed E-state index contributed by atoms with van der Waals surface area (Å²) in [5, 5.41) is 9.33. The van der Waals surface area contributed by atoms with Crippen molar-refractivity contribution in [3.05, 3.63) is 47.8 Å². The Hall–Kier alpha value is -2.30. The average molecular weight is 245 g/mol. The van der Waals surface area contributed by atoms with Crippen LogP contribution in [0.3, 0.4) is 0 Å². The summed E-state index contributed by atoms with van der Waals surface area (Å²) in [6.07, 6.45) is 0. The van der Waals surface area contributed by atoms with Gasteiger partial charge in [-0.25, -0.2) is 0 Å². The predicted octanol–water partition coefficient (Wildman–Crippen LogP) is 1.53. The van der Waals surface area contributed by atoms with E-state index in [4.69, 9.17) is 4.74 Å². The molecule has 0 spiro atoms. The molecule has 0 atom stereocenters. The molecule has 2 rings (SSSR count). The average Bonchev–Trinajstić information content (AvgIpc) is 2.82. The number of hydrogen-bond donors (Lipinski definition) is 2. The Kier molecular flexibility index (Phi) is 3.96. The second-order valence-corrected chi connectivity index (χ2v) is 3.85. The molecule has 0 fully saturated rings. The van der Waals surface area contributed by atoms with Crippen LogP contribution in [0.5, 0.6) is 5.75 Å². The first kappa shape index (κ1) is 12.2. The zero-order valence-electron chi connectivity index (χ0n) is 10.1. The standard InChI is InChI=1S/C13H15N3O2/c1-10-9-12(16-15-10)13(17)14-7-8-18-11-5-3-2-4-6-11/h2-6,9H,7-8H2,1H3,(H,14,17)(H,15,16). The topological polar surface area (TPSA) is 67.0 Å². The van der Waals surface area contributed by atoms with Crippen molar-refractivity contribution in [2.24, 2.45) is 0 Å². The number of aromatic nitrogens is 2. The maximum Gasteiger partial charge on any atom is 0.271 e. The number of carbonyl (C=O) groups excluding carboxylic acids is 1. The van der Waals surface area contributed by atoms with Crippen LogP contribution in [0.4, 0.5) is 0 Å². The van der Waals surface area contributed by atoms with E-state index in [-0.39, 0.29) is 5.91 Å². The first-order chi connectivity index (χ1) is 8.75. The van der Waals surface area contributed by atoms with Gasteiger partial charge in [0.2, 0.25) is 0 Å². The number of H-pyrrole nitrogens is 1. The molecule has 0 bridgehead atoms. The fourth-order valence-corrected chi connectivity index (χ4v) is 1.48. The van der Waals surface area contributed by atoms with Crippen molar-refractivity contribution in [2.75, 3.05) is 13.2 Å². The molecule has 1 aromatic heterocycles. The number of benzene rings is 1. The van der Waals surface area contributed by atoms with Crippen LogP contribution < -0.4 is 10.1 Å². The molecular weight excluding hydrogens is 230 g/mol. The lowest BCUT2D eigenvalue weighted by Gasteiger charge is -2.06. The first-order valence-corrected chi connectivity index (χ1v) is 5.74. The third-order valence-electron chi connectivity index (χ3n) is 2.34. The van der Waals surface area contributed by atoms with Crippen LogP contribution in [-0.2, 0) is 0 Å². The Morgan fingerprint density at radius 1 is 1.39 bits per heavy atom. The van der Waals surface area contributed by atoms with Crippen molar-refractivity contribution in [1.29, 1.82) is 0 Å². The number of carbonyl (C=O) groups is 1. The Morgan fingerprint density at radius 2 is 2.17 bits per heavy atom. The van der Waals surface area contributed by atoms with Gasteiger partial charge in [-0.05, 0) is 25.1 Å². The van der Waals surface area contributed by atoms with Gasteiger partial charge in [0.25, 0.3) is 5.91 Å². The number of nitrogens with one attached hydrogen (secondary N) is 2. The number of aryl methyl sites for hydroxylation is 1. The van der Waals surface area contributed by atoms with E-state index in [0.717, 1.165) is 11.4 Å². The van der Waals surface area contributed by atoms with Gasteiger partial charge >= 0.3 is 0 Å². The summed E-state index contributed by atoms with van der Waals surface area (Å²) in [6.45, 7) is 2.72. The molecule has 1 heterocycles. The summed E-state index contributed by atoms with van der Waals surface area (Å²) >= 11 is 0. The van der Waals surface area contributed by atoms with E-state index in [2.05, 4.69) is 15.5 Å². The van der Waals surface area contributed by atoms with Gasteiger partial charge in [0.1, 0.15) is 18.1 Å². The molecule has 0 radical (unpaired) electrons. The number of nitrogens with zero attached hydrogens (tertiary/aromatic N) is 1. The fourth-order valence-electron chi connectivity index (χ4n) is 1.48. The first-order valence-electron chi connectivity index (χ1n) is 5.74. The second-order valence-electron chi connectivity index (χ2n) is 3.85. The van der Waals surface area contributed by atoms with E-state index >= 15 is 0 Å². The smallest absolute Gasteiger partial charge is 0.271 e. The van der Waals surface area contributed by atoms with Gasteiger partial charge in [-0.15, -0.1) is 0 Å². The molecule has 1 amide bonds. The number of para-hydroxylation sites is 1. The van der Waals surface area contributed by atoms with Crippen molar-refractivity contribution in [3.63, 3.8) is 0 Å². The molecule has 0 aliphatic heterocycles. The van der Waals surface area contributed by atoms with E-state index in [1.807, 2.05) is 37.3 Å². The number of rotatable bonds is 5. The fraction of sp³-hybridized carbons (Fsp3) is 0.231. The van der Waals surface area contributed by atoms with Crippen molar-refractivity contribution >= 4 is 5.91 Å².